The zero-order valence-corrected chi connectivity index (χ0v) is 12.4. The quantitative estimate of drug-likeness (QED) is 0.924. The van der Waals surface area contributed by atoms with Gasteiger partial charge in [0.15, 0.2) is 6.61 Å². The van der Waals surface area contributed by atoms with Gasteiger partial charge in [0.25, 0.3) is 0 Å². The van der Waals surface area contributed by atoms with Crippen LogP contribution in [0.1, 0.15) is 38.5 Å². The van der Waals surface area contributed by atoms with Crippen LogP contribution in [-0.4, -0.2) is 30.8 Å². The van der Waals surface area contributed by atoms with E-state index < -0.39 is 5.97 Å². The van der Waals surface area contributed by atoms with E-state index in [1.54, 1.807) is 0 Å². The Hall–Kier alpha value is -1.71. The summed E-state index contributed by atoms with van der Waals surface area (Å²) in [5.74, 6) is -0.307. The van der Waals surface area contributed by atoms with Crippen molar-refractivity contribution in [3.8, 4) is 5.75 Å². The van der Waals surface area contributed by atoms with Crippen LogP contribution in [0.3, 0.4) is 0 Å². The number of nitrogens with zero attached hydrogens (tertiary/aromatic N) is 1. The van der Waals surface area contributed by atoms with Gasteiger partial charge in [-0.1, -0.05) is 31.7 Å². The number of carboxylic acids is 1. The molecule has 3 rings (SSSR count). The molecule has 1 heterocycles. The van der Waals surface area contributed by atoms with Gasteiger partial charge in [0, 0.05) is 30.3 Å². The van der Waals surface area contributed by atoms with Crippen molar-refractivity contribution in [2.24, 2.45) is 5.41 Å². The lowest BCUT2D eigenvalue weighted by Crippen LogP contribution is -2.56. The Kier molecular flexibility index (Phi) is 4.04. The number of benzene rings is 1. The van der Waals surface area contributed by atoms with Gasteiger partial charge in [0.1, 0.15) is 5.75 Å². The van der Waals surface area contributed by atoms with Crippen LogP contribution >= 0.6 is 0 Å². The van der Waals surface area contributed by atoms with Crippen LogP contribution < -0.4 is 9.64 Å². The molecule has 0 unspecified atom stereocenters. The summed E-state index contributed by atoms with van der Waals surface area (Å²) in [7, 11) is 0. The Bertz CT molecular complexity index is 499. The second kappa shape index (κ2) is 5.96. The first-order valence-electron chi connectivity index (χ1n) is 7.87. The van der Waals surface area contributed by atoms with Crippen LogP contribution in [0.15, 0.2) is 24.3 Å². The maximum atomic E-state index is 10.6. The summed E-state index contributed by atoms with van der Waals surface area (Å²) in [5.41, 5.74) is 1.68. The van der Waals surface area contributed by atoms with Gasteiger partial charge in [-0.25, -0.2) is 4.79 Å². The fraction of sp³-hybridized carbons (Fsp3) is 0.588. The van der Waals surface area contributed by atoms with E-state index >= 15 is 0 Å². The molecule has 4 nitrogen and oxygen atoms in total. The molecule has 1 aliphatic carbocycles. The summed E-state index contributed by atoms with van der Waals surface area (Å²) >= 11 is 0. The Balaban J connectivity index is 1.61. The molecule has 0 radical (unpaired) electrons. The number of hydrogen-bond donors (Lipinski definition) is 1. The van der Waals surface area contributed by atoms with Crippen LogP contribution in [-0.2, 0) is 4.79 Å². The summed E-state index contributed by atoms with van der Waals surface area (Å²) in [6, 6.07) is 7.78. The maximum Gasteiger partial charge on any atom is 0.341 e. The van der Waals surface area contributed by atoms with Crippen molar-refractivity contribution in [1.82, 2.24) is 0 Å². The van der Waals surface area contributed by atoms with E-state index in [-0.39, 0.29) is 6.61 Å². The van der Waals surface area contributed by atoms with Crippen LogP contribution in [0.2, 0.25) is 0 Å². The van der Waals surface area contributed by atoms with Crippen molar-refractivity contribution in [3.05, 3.63) is 24.3 Å². The van der Waals surface area contributed by atoms with E-state index in [9.17, 15) is 4.79 Å². The molecule has 1 aromatic carbocycles. The molecule has 0 bridgehead atoms. The summed E-state index contributed by atoms with van der Waals surface area (Å²) in [5, 5.41) is 8.67. The van der Waals surface area contributed by atoms with Gasteiger partial charge in [-0.05, 0) is 25.0 Å². The number of rotatable bonds is 4. The predicted molar refractivity (Wildman–Crippen MR) is 81.9 cm³/mol. The first kappa shape index (κ1) is 14.2. The first-order valence-corrected chi connectivity index (χ1v) is 7.87. The Labute approximate surface area is 125 Å². The molecule has 1 saturated carbocycles. The molecule has 1 spiro atoms. The SMILES string of the molecule is O=C(O)COc1cccc(N2CC3(CCCCCC3)C2)c1. The summed E-state index contributed by atoms with van der Waals surface area (Å²) < 4.78 is 5.26. The Morgan fingerprint density at radius 3 is 2.57 bits per heavy atom. The van der Waals surface area contributed by atoms with Crippen molar-refractivity contribution in [2.75, 3.05) is 24.6 Å². The zero-order valence-electron chi connectivity index (χ0n) is 12.4. The molecule has 21 heavy (non-hydrogen) atoms. The van der Waals surface area contributed by atoms with Crippen LogP contribution in [0.4, 0.5) is 5.69 Å². The topological polar surface area (TPSA) is 49.8 Å². The van der Waals surface area contributed by atoms with Crippen LogP contribution in [0.5, 0.6) is 5.75 Å². The molecule has 1 aromatic rings. The van der Waals surface area contributed by atoms with E-state index in [0.717, 1.165) is 18.8 Å². The standard InChI is InChI=1S/C17H23NO3/c19-16(20)11-21-15-7-5-6-14(10-15)18-12-17(13-18)8-3-1-2-4-9-17/h5-7,10H,1-4,8-9,11-13H2,(H,19,20). The number of carbonyl (C=O) groups is 1. The van der Waals surface area contributed by atoms with Gasteiger partial charge in [-0.3, -0.25) is 0 Å². The van der Waals surface area contributed by atoms with E-state index in [2.05, 4.69) is 11.0 Å². The Morgan fingerprint density at radius 2 is 1.90 bits per heavy atom. The molecule has 4 heteroatoms. The lowest BCUT2D eigenvalue weighted by molar-refractivity contribution is -0.139. The van der Waals surface area contributed by atoms with Gasteiger partial charge in [0.05, 0.1) is 0 Å². The van der Waals surface area contributed by atoms with Gasteiger partial charge in [0.2, 0.25) is 0 Å². The summed E-state index contributed by atoms with van der Waals surface area (Å²) in [6.07, 6.45) is 8.24. The van der Waals surface area contributed by atoms with E-state index in [1.807, 2.05) is 18.2 Å². The van der Waals surface area contributed by atoms with Gasteiger partial charge in [-0.15, -0.1) is 0 Å². The number of anilines is 1. The molecular weight excluding hydrogens is 266 g/mol. The second-order valence-electron chi connectivity index (χ2n) is 6.45. The van der Waals surface area contributed by atoms with E-state index in [0.29, 0.717) is 11.2 Å². The molecule has 114 valence electrons. The largest absolute Gasteiger partial charge is 0.482 e. The highest BCUT2D eigenvalue weighted by molar-refractivity contribution is 5.68. The average Bonchev–Trinajstić information content (AvgIpc) is 2.69. The van der Waals surface area contributed by atoms with Crippen molar-refractivity contribution in [2.45, 2.75) is 38.5 Å². The highest BCUT2D eigenvalue weighted by atomic mass is 16.5. The van der Waals surface area contributed by atoms with Gasteiger partial charge >= 0.3 is 5.97 Å². The normalized spacial score (nSPS) is 20.7. The highest BCUT2D eigenvalue weighted by Gasteiger charge is 2.42. The lowest BCUT2D eigenvalue weighted by atomic mass is 9.73. The molecule has 0 atom stereocenters. The number of carboxylic acid groups (broad SMARTS) is 1. The van der Waals surface area contributed by atoms with E-state index in [4.69, 9.17) is 9.84 Å². The third kappa shape index (κ3) is 3.31. The predicted octanol–water partition coefficient (Wildman–Crippen LogP) is 3.31. The maximum absolute atomic E-state index is 10.6. The smallest absolute Gasteiger partial charge is 0.341 e. The Morgan fingerprint density at radius 1 is 1.19 bits per heavy atom. The van der Waals surface area contributed by atoms with Gasteiger partial charge in [-0.2, -0.15) is 0 Å². The molecule has 2 aliphatic rings. The van der Waals surface area contributed by atoms with Crippen LogP contribution in [0, 0.1) is 5.41 Å². The lowest BCUT2D eigenvalue weighted by Gasteiger charge is -2.51. The number of ether oxygens (including phenoxy) is 1. The van der Waals surface area contributed by atoms with Crippen LogP contribution in [0.25, 0.3) is 0 Å². The summed E-state index contributed by atoms with van der Waals surface area (Å²) in [6.45, 7) is 1.98. The zero-order chi connectivity index (χ0) is 14.7. The minimum atomic E-state index is -0.943. The first-order chi connectivity index (χ1) is 10.2. The fourth-order valence-electron chi connectivity index (χ4n) is 3.66. The van der Waals surface area contributed by atoms with E-state index in [1.165, 1.54) is 38.5 Å². The average molecular weight is 289 g/mol. The van der Waals surface area contributed by atoms with Crippen molar-refractivity contribution in [1.29, 1.82) is 0 Å². The molecule has 1 saturated heterocycles. The van der Waals surface area contributed by atoms with Gasteiger partial charge < -0.3 is 14.7 Å². The highest BCUT2D eigenvalue weighted by Crippen LogP contribution is 2.44. The fourth-order valence-corrected chi connectivity index (χ4v) is 3.66. The molecular formula is C17H23NO3. The number of hydrogen-bond acceptors (Lipinski definition) is 3. The second-order valence-corrected chi connectivity index (χ2v) is 6.45. The minimum Gasteiger partial charge on any atom is -0.482 e. The summed E-state index contributed by atoms with van der Waals surface area (Å²) in [4.78, 5) is 12.9. The monoisotopic (exact) mass is 289 g/mol. The molecule has 0 amide bonds. The molecule has 0 aromatic heterocycles. The minimum absolute atomic E-state index is 0.284. The third-order valence-electron chi connectivity index (χ3n) is 4.76. The molecule has 1 N–H and O–H groups in total. The third-order valence-corrected chi connectivity index (χ3v) is 4.76. The van der Waals surface area contributed by atoms with Crippen molar-refractivity contribution >= 4 is 11.7 Å². The van der Waals surface area contributed by atoms with Crippen molar-refractivity contribution < 1.29 is 14.6 Å². The molecule has 2 fully saturated rings. The van der Waals surface area contributed by atoms with Crippen molar-refractivity contribution in [3.63, 3.8) is 0 Å². The molecule has 1 aliphatic heterocycles. The number of aliphatic carboxylic acids is 1.